The first-order valence-corrected chi connectivity index (χ1v) is 8.90. The number of piperidine rings is 1. The van der Waals surface area contributed by atoms with Crippen molar-refractivity contribution in [2.24, 2.45) is 0 Å². The van der Waals surface area contributed by atoms with Crippen LogP contribution in [0.15, 0.2) is 48.5 Å². The maximum atomic E-state index is 13.0. The number of nitrogens with zero attached hydrogens (tertiary/aromatic N) is 1. The van der Waals surface area contributed by atoms with Crippen LogP contribution in [0.5, 0.6) is 0 Å². The number of rotatable bonds is 4. The molecule has 1 atom stereocenters. The van der Waals surface area contributed by atoms with Crippen molar-refractivity contribution in [1.29, 1.82) is 0 Å². The normalized spacial score (nSPS) is 16.7. The number of hydrogen-bond acceptors (Lipinski definition) is 2. The molecule has 0 aromatic heterocycles. The smallest absolute Gasteiger partial charge is 0.219 e. The Kier molecular flexibility index (Phi) is 5.49. The van der Waals surface area contributed by atoms with E-state index in [0.29, 0.717) is 6.04 Å². The molecule has 1 fully saturated rings. The van der Waals surface area contributed by atoms with E-state index in [2.05, 4.69) is 36.5 Å². The van der Waals surface area contributed by atoms with Gasteiger partial charge in [-0.1, -0.05) is 36.4 Å². The number of halogens is 1. The quantitative estimate of drug-likeness (QED) is 0.907. The van der Waals surface area contributed by atoms with E-state index in [0.717, 1.165) is 37.1 Å². The average molecular weight is 340 g/mol. The van der Waals surface area contributed by atoms with Crippen molar-refractivity contribution in [2.75, 3.05) is 13.1 Å². The number of nitrogens with one attached hydrogen (secondary N) is 1. The van der Waals surface area contributed by atoms with Crippen molar-refractivity contribution in [3.8, 4) is 11.1 Å². The fourth-order valence-electron chi connectivity index (χ4n) is 3.42. The Hall–Kier alpha value is -2.20. The SMILES string of the molecule is CC(=O)N1CCC(N[C@@H](C)c2ccc(-c3ccc(F)cc3)cc2)CC1. The third kappa shape index (κ3) is 4.45. The summed E-state index contributed by atoms with van der Waals surface area (Å²) in [5, 5.41) is 3.67. The monoisotopic (exact) mass is 340 g/mol. The standard InChI is InChI=1S/C21H25FN2O/c1-15(23-21-11-13-24(14-12-21)16(2)25)17-3-5-18(6-4-17)19-7-9-20(22)10-8-19/h3-10,15,21,23H,11-14H2,1-2H3/t15-/m0/s1. The molecule has 1 aliphatic heterocycles. The molecular weight excluding hydrogens is 315 g/mol. The third-order valence-electron chi connectivity index (χ3n) is 5.01. The molecule has 0 unspecified atom stereocenters. The maximum Gasteiger partial charge on any atom is 0.219 e. The molecule has 4 heteroatoms. The minimum absolute atomic E-state index is 0.169. The summed E-state index contributed by atoms with van der Waals surface area (Å²) in [7, 11) is 0. The van der Waals surface area contributed by atoms with Gasteiger partial charge in [-0.3, -0.25) is 4.79 Å². The molecule has 3 rings (SSSR count). The highest BCUT2D eigenvalue weighted by molar-refractivity contribution is 5.73. The van der Waals surface area contributed by atoms with Crippen molar-refractivity contribution in [3.05, 3.63) is 59.9 Å². The number of carbonyl (C=O) groups is 1. The minimum Gasteiger partial charge on any atom is -0.343 e. The Morgan fingerprint density at radius 3 is 2.08 bits per heavy atom. The molecular formula is C21H25FN2O. The lowest BCUT2D eigenvalue weighted by Gasteiger charge is -2.33. The van der Waals surface area contributed by atoms with E-state index in [1.807, 2.05) is 4.90 Å². The van der Waals surface area contributed by atoms with Gasteiger partial charge in [-0.25, -0.2) is 4.39 Å². The van der Waals surface area contributed by atoms with Crippen LogP contribution < -0.4 is 5.32 Å². The second-order valence-electron chi connectivity index (χ2n) is 6.80. The molecule has 3 nitrogen and oxygen atoms in total. The highest BCUT2D eigenvalue weighted by Gasteiger charge is 2.21. The minimum atomic E-state index is -0.214. The molecule has 2 aromatic rings. The Labute approximate surface area is 148 Å². The van der Waals surface area contributed by atoms with Crippen LogP contribution in [0.2, 0.25) is 0 Å². The summed E-state index contributed by atoms with van der Waals surface area (Å²) in [5.41, 5.74) is 3.34. The summed E-state index contributed by atoms with van der Waals surface area (Å²) in [4.78, 5) is 13.3. The van der Waals surface area contributed by atoms with Crippen LogP contribution in [-0.2, 0) is 4.79 Å². The van der Waals surface area contributed by atoms with Gasteiger partial charge in [0, 0.05) is 32.1 Å². The van der Waals surface area contributed by atoms with Crippen LogP contribution in [0.4, 0.5) is 4.39 Å². The fraction of sp³-hybridized carbons (Fsp3) is 0.381. The molecule has 0 aliphatic carbocycles. The second-order valence-corrected chi connectivity index (χ2v) is 6.80. The van der Waals surface area contributed by atoms with E-state index < -0.39 is 0 Å². The van der Waals surface area contributed by atoms with Crippen LogP contribution in [0.3, 0.4) is 0 Å². The molecule has 1 amide bonds. The van der Waals surface area contributed by atoms with Gasteiger partial charge in [-0.2, -0.15) is 0 Å². The van der Waals surface area contributed by atoms with Crippen molar-refractivity contribution in [2.45, 2.75) is 38.8 Å². The largest absolute Gasteiger partial charge is 0.343 e. The van der Waals surface area contributed by atoms with Gasteiger partial charge in [0.2, 0.25) is 5.91 Å². The van der Waals surface area contributed by atoms with E-state index in [-0.39, 0.29) is 17.8 Å². The molecule has 0 bridgehead atoms. The first-order valence-electron chi connectivity index (χ1n) is 8.90. The fourth-order valence-corrected chi connectivity index (χ4v) is 3.42. The number of hydrogen-bond donors (Lipinski definition) is 1. The van der Waals surface area contributed by atoms with Crippen LogP contribution in [-0.4, -0.2) is 29.9 Å². The summed E-state index contributed by atoms with van der Waals surface area (Å²) in [6.45, 7) is 5.48. The van der Waals surface area contributed by atoms with Gasteiger partial charge in [-0.05, 0) is 48.6 Å². The van der Waals surface area contributed by atoms with Gasteiger partial charge in [-0.15, -0.1) is 0 Å². The third-order valence-corrected chi connectivity index (χ3v) is 5.01. The zero-order valence-corrected chi connectivity index (χ0v) is 14.8. The topological polar surface area (TPSA) is 32.3 Å². The lowest BCUT2D eigenvalue weighted by molar-refractivity contribution is -0.129. The highest BCUT2D eigenvalue weighted by Crippen LogP contribution is 2.23. The zero-order chi connectivity index (χ0) is 17.8. The predicted molar refractivity (Wildman–Crippen MR) is 98.7 cm³/mol. The Morgan fingerprint density at radius 2 is 1.56 bits per heavy atom. The second kappa shape index (κ2) is 7.79. The zero-order valence-electron chi connectivity index (χ0n) is 14.8. The van der Waals surface area contributed by atoms with Crippen LogP contribution in [0.25, 0.3) is 11.1 Å². The van der Waals surface area contributed by atoms with E-state index >= 15 is 0 Å². The van der Waals surface area contributed by atoms with Gasteiger partial charge in [0.1, 0.15) is 5.82 Å². The molecule has 0 saturated carbocycles. The molecule has 25 heavy (non-hydrogen) atoms. The average Bonchev–Trinajstić information content (AvgIpc) is 2.63. The molecule has 132 valence electrons. The molecule has 1 saturated heterocycles. The van der Waals surface area contributed by atoms with E-state index in [1.165, 1.54) is 17.7 Å². The van der Waals surface area contributed by atoms with Crippen molar-refractivity contribution in [1.82, 2.24) is 10.2 Å². The molecule has 0 radical (unpaired) electrons. The summed E-state index contributed by atoms with van der Waals surface area (Å²) in [6.07, 6.45) is 2.00. The van der Waals surface area contributed by atoms with Crippen molar-refractivity contribution >= 4 is 5.91 Å². The maximum absolute atomic E-state index is 13.0. The Morgan fingerprint density at radius 1 is 1.04 bits per heavy atom. The van der Waals surface area contributed by atoms with Crippen LogP contribution in [0, 0.1) is 5.82 Å². The molecule has 1 aliphatic rings. The van der Waals surface area contributed by atoms with Crippen molar-refractivity contribution < 1.29 is 9.18 Å². The molecule has 1 N–H and O–H groups in total. The first kappa shape index (κ1) is 17.6. The first-order chi connectivity index (χ1) is 12.0. The summed E-state index contributed by atoms with van der Waals surface area (Å²) >= 11 is 0. The van der Waals surface area contributed by atoms with Crippen LogP contribution in [0.1, 0.15) is 38.3 Å². The molecule has 0 spiro atoms. The number of likely N-dealkylation sites (tertiary alicyclic amines) is 1. The van der Waals surface area contributed by atoms with E-state index in [4.69, 9.17) is 0 Å². The highest BCUT2D eigenvalue weighted by atomic mass is 19.1. The molecule has 1 heterocycles. The van der Waals surface area contributed by atoms with Gasteiger partial charge >= 0.3 is 0 Å². The summed E-state index contributed by atoms with van der Waals surface area (Å²) < 4.78 is 13.0. The summed E-state index contributed by atoms with van der Waals surface area (Å²) in [6, 6.07) is 15.7. The van der Waals surface area contributed by atoms with Gasteiger partial charge in [0.25, 0.3) is 0 Å². The Bertz CT molecular complexity index is 704. The van der Waals surface area contributed by atoms with E-state index in [1.54, 1.807) is 19.1 Å². The van der Waals surface area contributed by atoms with Gasteiger partial charge in [0.05, 0.1) is 0 Å². The molecule has 2 aromatic carbocycles. The lowest BCUT2D eigenvalue weighted by Crippen LogP contribution is -2.44. The van der Waals surface area contributed by atoms with Gasteiger partial charge in [0.15, 0.2) is 0 Å². The van der Waals surface area contributed by atoms with Crippen LogP contribution >= 0.6 is 0 Å². The number of carbonyl (C=O) groups excluding carboxylic acids is 1. The lowest BCUT2D eigenvalue weighted by atomic mass is 9.99. The van der Waals surface area contributed by atoms with E-state index in [9.17, 15) is 9.18 Å². The predicted octanol–water partition coefficient (Wildman–Crippen LogP) is 4.15. The van der Waals surface area contributed by atoms with Gasteiger partial charge < -0.3 is 10.2 Å². The summed E-state index contributed by atoms with van der Waals surface area (Å²) in [5.74, 6) is -0.0445. The van der Waals surface area contributed by atoms with Crippen molar-refractivity contribution in [3.63, 3.8) is 0 Å². The number of benzene rings is 2. The Balaban J connectivity index is 1.58. The number of amides is 1.